The fourth-order valence-electron chi connectivity index (χ4n) is 2.38. The Hall–Kier alpha value is -2.52. The zero-order valence-corrected chi connectivity index (χ0v) is 14.0. The van der Waals surface area contributed by atoms with Gasteiger partial charge in [0.15, 0.2) is 0 Å². The van der Waals surface area contributed by atoms with E-state index in [4.69, 9.17) is 22.1 Å². The van der Waals surface area contributed by atoms with Gasteiger partial charge in [-0.15, -0.1) is 0 Å². The van der Waals surface area contributed by atoms with Gasteiger partial charge in [0.2, 0.25) is 0 Å². The summed E-state index contributed by atoms with van der Waals surface area (Å²) in [6.45, 7) is 1.06. The summed E-state index contributed by atoms with van der Waals surface area (Å²) in [5.74, 6) is -1.57. The van der Waals surface area contributed by atoms with E-state index in [2.05, 4.69) is 20.4 Å². The molecule has 2 heterocycles. The lowest BCUT2D eigenvalue weighted by Gasteiger charge is -2.13. The van der Waals surface area contributed by atoms with Gasteiger partial charge >= 0.3 is 0 Å². The van der Waals surface area contributed by atoms with Crippen LogP contribution in [0.1, 0.15) is 6.42 Å². The lowest BCUT2D eigenvalue weighted by atomic mass is 10.1. The summed E-state index contributed by atoms with van der Waals surface area (Å²) in [6, 6.07) is 2.16. The van der Waals surface area contributed by atoms with Gasteiger partial charge in [0.1, 0.15) is 34.7 Å². The minimum absolute atomic E-state index is 0.0620. The zero-order chi connectivity index (χ0) is 18.0. The lowest BCUT2D eigenvalue weighted by molar-refractivity contribution is 0.306. The quantitative estimate of drug-likeness (QED) is 0.512. The smallest absolute Gasteiger partial charge is 0.255 e. The first-order valence-electron chi connectivity index (χ1n) is 7.44. The highest BCUT2D eigenvalue weighted by Gasteiger charge is 2.22. The van der Waals surface area contributed by atoms with E-state index >= 15 is 0 Å². The van der Waals surface area contributed by atoms with Crippen molar-refractivity contribution in [1.29, 1.82) is 0 Å². The van der Waals surface area contributed by atoms with Crippen molar-refractivity contribution in [3.05, 3.63) is 35.2 Å². The number of nitrogens with two attached hydrogens (primary N) is 1. The number of rotatable bonds is 6. The van der Waals surface area contributed by atoms with Crippen LogP contribution in [0.15, 0.2) is 18.5 Å². The summed E-state index contributed by atoms with van der Waals surface area (Å²) in [5.41, 5.74) is 5.47. The Bertz CT molecular complexity index is 893. The van der Waals surface area contributed by atoms with E-state index in [-0.39, 0.29) is 28.1 Å². The third-order valence-electron chi connectivity index (χ3n) is 3.52. The number of nitrogen functional groups attached to an aromatic ring is 1. The van der Waals surface area contributed by atoms with Crippen LogP contribution in [-0.4, -0.2) is 39.8 Å². The van der Waals surface area contributed by atoms with Crippen LogP contribution in [0.5, 0.6) is 5.75 Å². The second kappa shape index (κ2) is 7.16. The number of halogens is 3. The molecule has 2 aromatic heterocycles. The highest BCUT2D eigenvalue weighted by Crippen LogP contribution is 2.37. The molecule has 25 heavy (non-hydrogen) atoms. The molecule has 0 saturated carbocycles. The Morgan fingerprint density at radius 2 is 2.00 bits per heavy atom. The molecule has 3 rings (SSSR count). The molecule has 0 fully saturated rings. The van der Waals surface area contributed by atoms with E-state index in [0.717, 1.165) is 23.2 Å². The van der Waals surface area contributed by atoms with E-state index in [9.17, 15) is 8.78 Å². The van der Waals surface area contributed by atoms with E-state index < -0.39 is 17.2 Å². The van der Waals surface area contributed by atoms with Crippen molar-refractivity contribution in [3.8, 4) is 16.9 Å². The molecule has 3 aromatic rings. The average Bonchev–Trinajstić information content (AvgIpc) is 3.02. The molecule has 0 amide bonds. The molecular weight excluding hydrogens is 354 g/mol. The Morgan fingerprint density at radius 3 is 2.68 bits per heavy atom. The van der Waals surface area contributed by atoms with Crippen LogP contribution in [-0.2, 0) is 0 Å². The number of nitrogens with zero attached hydrogens (tertiary/aromatic N) is 4. The zero-order valence-electron chi connectivity index (χ0n) is 13.3. The van der Waals surface area contributed by atoms with Gasteiger partial charge in [-0.05, 0) is 20.0 Å². The number of hydrogen-bond donors (Lipinski definition) is 2. The van der Waals surface area contributed by atoms with Crippen molar-refractivity contribution in [2.24, 2.45) is 0 Å². The van der Waals surface area contributed by atoms with Crippen LogP contribution < -0.4 is 15.8 Å². The summed E-state index contributed by atoms with van der Waals surface area (Å²) >= 11 is 6.06. The molecule has 3 N–H and O–H groups in total. The van der Waals surface area contributed by atoms with Gasteiger partial charge in [0, 0.05) is 12.1 Å². The van der Waals surface area contributed by atoms with Gasteiger partial charge in [-0.2, -0.15) is 19.6 Å². The van der Waals surface area contributed by atoms with Crippen molar-refractivity contribution in [1.82, 2.24) is 24.9 Å². The first kappa shape index (κ1) is 17.3. The fourth-order valence-corrected chi connectivity index (χ4v) is 2.65. The predicted molar refractivity (Wildman–Crippen MR) is 89.6 cm³/mol. The first-order valence-corrected chi connectivity index (χ1v) is 7.82. The largest absolute Gasteiger partial charge is 0.493 e. The summed E-state index contributed by atoms with van der Waals surface area (Å²) < 4.78 is 35.6. The minimum atomic E-state index is -0.863. The van der Waals surface area contributed by atoms with Crippen molar-refractivity contribution >= 4 is 23.2 Å². The van der Waals surface area contributed by atoms with Gasteiger partial charge in [0.05, 0.1) is 17.7 Å². The third-order valence-corrected chi connectivity index (χ3v) is 3.80. The number of aromatic nitrogens is 4. The second-order valence-electron chi connectivity index (χ2n) is 5.20. The molecule has 0 aliphatic carbocycles. The van der Waals surface area contributed by atoms with Crippen molar-refractivity contribution < 1.29 is 13.5 Å². The summed E-state index contributed by atoms with van der Waals surface area (Å²) in [6.07, 6.45) is 1.92. The maximum atomic E-state index is 14.5. The average molecular weight is 369 g/mol. The van der Waals surface area contributed by atoms with Crippen LogP contribution >= 0.6 is 11.6 Å². The van der Waals surface area contributed by atoms with Gasteiger partial charge < -0.3 is 15.8 Å². The predicted octanol–water partition coefficient (Wildman–Crippen LogP) is 2.29. The van der Waals surface area contributed by atoms with Crippen LogP contribution in [0.3, 0.4) is 0 Å². The molecule has 0 atom stereocenters. The van der Waals surface area contributed by atoms with Crippen molar-refractivity contribution in [2.45, 2.75) is 6.42 Å². The fraction of sp³-hybridized carbons (Fsp3) is 0.267. The Balaban J connectivity index is 2.00. The molecule has 0 aliphatic rings. The Morgan fingerprint density at radius 1 is 1.28 bits per heavy atom. The standard InChI is InChI=1S/C15H15ClF2N6O/c1-20-3-2-4-25-8-5-9(17)11(10(18)6-8)12-13(16)23-15-21-7-22-24(15)14(12)19/h5-7,20H,2-4,19H2,1H3. The monoisotopic (exact) mass is 368 g/mol. The van der Waals surface area contributed by atoms with Crippen LogP contribution in [0, 0.1) is 11.6 Å². The minimum Gasteiger partial charge on any atom is -0.493 e. The normalized spacial score (nSPS) is 11.2. The SMILES string of the molecule is CNCCCOc1cc(F)c(-c2c(Cl)nc3ncnn3c2N)c(F)c1. The van der Waals surface area contributed by atoms with Gasteiger partial charge in [-0.1, -0.05) is 11.6 Å². The van der Waals surface area contributed by atoms with E-state index in [1.165, 1.54) is 6.33 Å². The van der Waals surface area contributed by atoms with E-state index in [1.807, 2.05) is 7.05 Å². The molecule has 0 aliphatic heterocycles. The molecule has 0 unspecified atom stereocenters. The van der Waals surface area contributed by atoms with Gasteiger partial charge in [-0.25, -0.2) is 8.78 Å². The third kappa shape index (κ3) is 3.33. The number of ether oxygens (including phenoxy) is 1. The highest BCUT2D eigenvalue weighted by atomic mass is 35.5. The van der Waals surface area contributed by atoms with Crippen LogP contribution in [0.2, 0.25) is 5.15 Å². The van der Waals surface area contributed by atoms with E-state index in [0.29, 0.717) is 13.0 Å². The maximum absolute atomic E-state index is 14.5. The number of anilines is 1. The number of fused-ring (bicyclic) bond motifs is 1. The Kier molecular flexibility index (Phi) is 4.95. The highest BCUT2D eigenvalue weighted by molar-refractivity contribution is 6.32. The maximum Gasteiger partial charge on any atom is 0.255 e. The molecule has 0 saturated heterocycles. The Labute approximate surface area is 146 Å². The van der Waals surface area contributed by atoms with Crippen LogP contribution in [0.4, 0.5) is 14.6 Å². The van der Waals surface area contributed by atoms with E-state index in [1.54, 1.807) is 0 Å². The molecule has 0 radical (unpaired) electrons. The lowest BCUT2D eigenvalue weighted by Crippen LogP contribution is -2.11. The number of hydrogen-bond acceptors (Lipinski definition) is 6. The number of benzene rings is 1. The topological polar surface area (TPSA) is 90.4 Å². The van der Waals surface area contributed by atoms with Gasteiger partial charge in [0.25, 0.3) is 5.78 Å². The molecule has 0 spiro atoms. The summed E-state index contributed by atoms with van der Waals surface area (Å²) in [4.78, 5) is 7.80. The molecule has 7 nitrogen and oxygen atoms in total. The molecule has 1 aromatic carbocycles. The molecule has 132 valence electrons. The molecule has 10 heteroatoms. The van der Waals surface area contributed by atoms with Crippen LogP contribution in [0.25, 0.3) is 16.9 Å². The van der Waals surface area contributed by atoms with Crippen molar-refractivity contribution in [2.75, 3.05) is 25.9 Å². The summed E-state index contributed by atoms with van der Waals surface area (Å²) in [7, 11) is 1.81. The van der Waals surface area contributed by atoms with Crippen molar-refractivity contribution in [3.63, 3.8) is 0 Å². The van der Waals surface area contributed by atoms with Gasteiger partial charge in [-0.3, -0.25) is 0 Å². The summed E-state index contributed by atoms with van der Waals surface area (Å²) in [5, 5.41) is 6.65. The second-order valence-corrected chi connectivity index (χ2v) is 5.56. The molecule has 0 bridgehead atoms. The number of nitrogens with one attached hydrogen (secondary N) is 1. The molecular formula is C15H15ClF2N6O. The first-order chi connectivity index (χ1) is 12.0.